The Morgan fingerprint density at radius 2 is 1.83 bits per heavy atom. The van der Waals surface area contributed by atoms with E-state index in [0.29, 0.717) is 30.0 Å². The molecular formula is C23H25FN2O3. The van der Waals surface area contributed by atoms with Gasteiger partial charge in [-0.1, -0.05) is 37.2 Å². The Hall–Kier alpha value is -3.15. The van der Waals surface area contributed by atoms with Crippen LogP contribution < -0.4 is 10.1 Å². The molecule has 29 heavy (non-hydrogen) atoms. The molecule has 0 aliphatic heterocycles. The molecule has 0 aliphatic carbocycles. The maximum absolute atomic E-state index is 14.1. The lowest BCUT2D eigenvalue weighted by Gasteiger charge is -2.26. The third-order valence-corrected chi connectivity index (χ3v) is 4.97. The number of carbonyl (C=O) groups is 1. The van der Waals surface area contributed by atoms with Gasteiger partial charge in [0.2, 0.25) is 0 Å². The Balaban J connectivity index is 1.58. The van der Waals surface area contributed by atoms with E-state index in [9.17, 15) is 9.18 Å². The van der Waals surface area contributed by atoms with Gasteiger partial charge in [0.15, 0.2) is 0 Å². The van der Waals surface area contributed by atoms with Gasteiger partial charge in [0.05, 0.1) is 11.3 Å². The van der Waals surface area contributed by atoms with Crippen molar-refractivity contribution in [2.45, 2.75) is 39.7 Å². The summed E-state index contributed by atoms with van der Waals surface area (Å²) in [5, 5.41) is 6.79. The molecular weight excluding hydrogens is 371 g/mol. The Labute approximate surface area is 169 Å². The molecule has 3 aromatic rings. The first kappa shape index (κ1) is 20.6. The van der Waals surface area contributed by atoms with Crippen molar-refractivity contribution in [3.8, 4) is 5.75 Å². The van der Waals surface area contributed by atoms with E-state index in [-0.39, 0.29) is 11.7 Å². The molecule has 0 saturated heterocycles. The van der Waals surface area contributed by atoms with E-state index in [2.05, 4.69) is 10.5 Å². The zero-order valence-electron chi connectivity index (χ0n) is 17.1. The lowest BCUT2D eigenvalue weighted by Crippen LogP contribution is -2.37. The van der Waals surface area contributed by atoms with Crippen LogP contribution in [0.25, 0.3) is 0 Å². The van der Waals surface area contributed by atoms with Gasteiger partial charge in [-0.2, -0.15) is 0 Å². The third kappa shape index (κ3) is 4.83. The monoisotopic (exact) mass is 396 g/mol. The lowest BCUT2D eigenvalue weighted by atomic mass is 9.84. The highest BCUT2D eigenvalue weighted by atomic mass is 19.1. The van der Waals surface area contributed by atoms with Crippen LogP contribution in [0.1, 0.15) is 46.8 Å². The predicted molar refractivity (Wildman–Crippen MR) is 109 cm³/mol. The van der Waals surface area contributed by atoms with Gasteiger partial charge in [0, 0.05) is 17.5 Å². The second kappa shape index (κ2) is 8.47. The average molecular weight is 396 g/mol. The van der Waals surface area contributed by atoms with Crippen LogP contribution in [-0.4, -0.2) is 17.6 Å². The fourth-order valence-corrected chi connectivity index (χ4v) is 3.07. The first-order valence-electron chi connectivity index (χ1n) is 9.46. The Kier molecular flexibility index (Phi) is 6.01. The quantitative estimate of drug-likeness (QED) is 0.628. The third-order valence-electron chi connectivity index (χ3n) is 4.97. The van der Waals surface area contributed by atoms with Gasteiger partial charge in [-0.15, -0.1) is 0 Å². The second-order valence-electron chi connectivity index (χ2n) is 7.66. The van der Waals surface area contributed by atoms with Crippen molar-refractivity contribution in [2.24, 2.45) is 0 Å². The molecule has 0 saturated carbocycles. The van der Waals surface area contributed by atoms with Gasteiger partial charge in [0.1, 0.15) is 23.9 Å². The number of rotatable bonds is 7. The molecule has 0 atom stereocenters. The summed E-state index contributed by atoms with van der Waals surface area (Å²) < 4.78 is 24.9. The van der Waals surface area contributed by atoms with Gasteiger partial charge >= 0.3 is 0 Å². The van der Waals surface area contributed by atoms with Crippen LogP contribution in [0.15, 0.2) is 53.1 Å². The number of amides is 1. The van der Waals surface area contributed by atoms with E-state index < -0.39 is 5.41 Å². The van der Waals surface area contributed by atoms with Crippen molar-refractivity contribution in [2.75, 3.05) is 6.54 Å². The zero-order chi connectivity index (χ0) is 21.0. The summed E-state index contributed by atoms with van der Waals surface area (Å²) in [5.41, 5.74) is 2.28. The molecule has 0 unspecified atom stereocenters. The van der Waals surface area contributed by atoms with Crippen LogP contribution in [0.2, 0.25) is 0 Å². The predicted octanol–water partition coefficient (Wildman–Crippen LogP) is 4.72. The minimum atomic E-state index is -0.529. The second-order valence-corrected chi connectivity index (χ2v) is 7.66. The number of aryl methyl sites for hydroxylation is 2. The number of aromatic nitrogens is 1. The Morgan fingerprint density at radius 1 is 1.14 bits per heavy atom. The fraction of sp³-hybridized carbons (Fsp3) is 0.304. The number of benzene rings is 2. The summed E-state index contributed by atoms with van der Waals surface area (Å²) in [6.45, 7) is 8.18. The van der Waals surface area contributed by atoms with Crippen LogP contribution in [-0.2, 0) is 12.0 Å². The number of carbonyl (C=O) groups excluding carboxylic acids is 1. The molecule has 1 heterocycles. The SMILES string of the molecule is Cc1noc(C)c1COc1ccc(C(=O)NCC(C)(C)c2ccccc2F)cc1. The molecule has 0 spiro atoms. The highest BCUT2D eigenvalue weighted by Gasteiger charge is 2.24. The van der Waals surface area contributed by atoms with Crippen molar-refractivity contribution in [1.82, 2.24) is 10.5 Å². The summed E-state index contributed by atoms with van der Waals surface area (Å²) in [7, 11) is 0. The highest BCUT2D eigenvalue weighted by molar-refractivity contribution is 5.94. The van der Waals surface area contributed by atoms with Crippen molar-refractivity contribution >= 4 is 5.91 Å². The van der Waals surface area contributed by atoms with Gasteiger partial charge in [-0.05, 0) is 49.7 Å². The standard InChI is InChI=1S/C23H25FN2O3/c1-15-19(16(2)29-26-15)13-28-18-11-9-17(10-12-18)22(27)25-14-23(3,4)20-7-5-6-8-21(20)24/h5-12H,13-14H2,1-4H3,(H,25,27). The molecule has 1 amide bonds. The van der Waals surface area contributed by atoms with Gasteiger partial charge in [-0.3, -0.25) is 4.79 Å². The van der Waals surface area contributed by atoms with E-state index >= 15 is 0 Å². The molecule has 152 valence electrons. The first-order valence-corrected chi connectivity index (χ1v) is 9.46. The van der Waals surface area contributed by atoms with E-state index in [0.717, 1.165) is 17.0 Å². The molecule has 0 bridgehead atoms. The normalized spacial score (nSPS) is 11.3. The van der Waals surface area contributed by atoms with Crippen LogP contribution in [0.4, 0.5) is 4.39 Å². The minimum absolute atomic E-state index is 0.216. The molecule has 2 aromatic carbocycles. The molecule has 6 heteroatoms. The van der Waals surface area contributed by atoms with E-state index in [4.69, 9.17) is 9.26 Å². The zero-order valence-corrected chi connectivity index (χ0v) is 17.1. The van der Waals surface area contributed by atoms with Crippen molar-refractivity contribution in [3.05, 3.63) is 82.5 Å². The Bertz CT molecular complexity index is 974. The largest absolute Gasteiger partial charge is 0.489 e. The van der Waals surface area contributed by atoms with Crippen LogP contribution in [0, 0.1) is 19.7 Å². The topological polar surface area (TPSA) is 64.4 Å². The van der Waals surface area contributed by atoms with Crippen LogP contribution in [0.3, 0.4) is 0 Å². The van der Waals surface area contributed by atoms with Crippen molar-refractivity contribution in [1.29, 1.82) is 0 Å². The van der Waals surface area contributed by atoms with E-state index in [1.807, 2.05) is 27.7 Å². The molecule has 0 aliphatic rings. The smallest absolute Gasteiger partial charge is 0.251 e. The van der Waals surface area contributed by atoms with E-state index in [1.165, 1.54) is 6.07 Å². The highest BCUT2D eigenvalue weighted by Crippen LogP contribution is 2.25. The maximum Gasteiger partial charge on any atom is 0.251 e. The summed E-state index contributed by atoms with van der Waals surface area (Å²) in [5.74, 6) is 0.891. The van der Waals surface area contributed by atoms with Gasteiger partial charge in [-0.25, -0.2) is 4.39 Å². The molecule has 3 rings (SSSR count). The number of nitrogens with zero attached hydrogens (tertiary/aromatic N) is 1. The Morgan fingerprint density at radius 3 is 2.45 bits per heavy atom. The van der Waals surface area contributed by atoms with Crippen LogP contribution in [0.5, 0.6) is 5.75 Å². The summed E-state index contributed by atoms with van der Waals surface area (Å²) in [6.07, 6.45) is 0. The molecule has 5 nitrogen and oxygen atoms in total. The van der Waals surface area contributed by atoms with Crippen molar-refractivity contribution in [3.63, 3.8) is 0 Å². The summed E-state index contributed by atoms with van der Waals surface area (Å²) in [6, 6.07) is 13.5. The molecule has 1 N–H and O–H groups in total. The van der Waals surface area contributed by atoms with Gasteiger partial charge in [0.25, 0.3) is 5.91 Å². The van der Waals surface area contributed by atoms with E-state index in [1.54, 1.807) is 42.5 Å². The number of ether oxygens (including phenoxy) is 1. The molecule has 0 fully saturated rings. The van der Waals surface area contributed by atoms with Crippen LogP contribution >= 0.6 is 0 Å². The number of hydrogen-bond donors (Lipinski definition) is 1. The van der Waals surface area contributed by atoms with Gasteiger partial charge < -0.3 is 14.6 Å². The lowest BCUT2D eigenvalue weighted by molar-refractivity contribution is 0.0945. The first-order chi connectivity index (χ1) is 13.8. The molecule has 0 radical (unpaired) electrons. The minimum Gasteiger partial charge on any atom is -0.489 e. The molecule has 1 aromatic heterocycles. The summed E-state index contributed by atoms with van der Waals surface area (Å²) in [4.78, 5) is 12.5. The summed E-state index contributed by atoms with van der Waals surface area (Å²) >= 11 is 0. The number of hydrogen-bond acceptors (Lipinski definition) is 4. The fourth-order valence-electron chi connectivity index (χ4n) is 3.07. The number of nitrogens with one attached hydrogen (secondary N) is 1. The average Bonchev–Trinajstić information content (AvgIpc) is 3.03. The van der Waals surface area contributed by atoms with Crippen molar-refractivity contribution < 1.29 is 18.4 Å². The maximum atomic E-state index is 14.1. The number of halogens is 1.